The topological polar surface area (TPSA) is 94.9 Å². The summed E-state index contributed by atoms with van der Waals surface area (Å²) in [7, 11) is 0. The molecule has 0 aliphatic heterocycles. The quantitative estimate of drug-likeness (QED) is 0.774. The van der Waals surface area contributed by atoms with Gasteiger partial charge in [-0.3, -0.25) is 9.59 Å². The van der Waals surface area contributed by atoms with E-state index >= 15 is 0 Å². The maximum Gasteiger partial charge on any atom is 0.327 e. The second kappa shape index (κ2) is 6.75. The summed E-state index contributed by atoms with van der Waals surface area (Å²) in [5.74, 6) is -3.18. The lowest BCUT2D eigenvalue weighted by Crippen LogP contribution is -2.39. The van der Waals surface area contributed by atoms with Crippen LogP contribution < -0.4 is 0 Å². The summed E-state index contributed by atoms with van der Waals surface area (Å²) in [4.78, 5) is 33.4. The first-order valence-corrected chi connectivity index (χ1v) is 5.76. The molecular formula is C12H12ClNO5. The fourth-order valence-corrected chi connectivity index (χ4v) is 1.72. The first-order chi connectivity index (χ1) is 8.93. The van der Waals surface area contributed by atoms with Crippen LogP contribution in [-0.4, -0.2) is 38.5 Å². The molecule has 1 aromatic rings. The Kier molecular flexibility index (Phi) is 5.32. The molecule has 2 N–H and O–H groups in total. The summed E-state index contributed by atoms with van der Waals surface area (Å²) >= 11 is 5.72. The van der Waals surface area contributed by atoms with E-state index in [1.165, 1.54) is 12.1 Å². The molecule has 0 fully saturated rings. The van der Waals surface area contributed by atoms with E-state index in [4.69, 9.17) is 22.0 Å². The molecule has 1 amide bonds. The Morgan fingerprint density at radius 3 is 2.21 bits per heavy atom. The molecular weight excluding hydrogens is 274 g/mol. The number of aliphatic carboxylic acids is 2. The Morgan fingerprint density at radius 1 is 1.16 bits per heavy atom. The Balaban J connectivity index is 2.82. The SMILES string of the molecule is O=C(O)CC[C@@H](C(=O)O)N(Cl)C(=O)c1ccccc1. The van der Waals surface area contributed by atoms with Crippen molar-refractivity contribution >= 4 is 29.6 Å². The number of hydrogen-bond acceptors (Lipinski definition) is 3. The van der Waals surface area contributed by atoms with Crippen molar-refractivity contribution in [2.75, 3.05) is 0 Å². The zero-order chi connectivity index (χ0) is 14.4. The van der Waals surface area contributed by atoms with E-state index in [0.29, 0.717) is 4.42 Å². The molecule has 7 heteroatoms. The molecule has 0 aliphatic rings. The van der Waals surface area contributed by atoms with E-state index in [2.05, 4.69) is 0 Å². The lowest BCUT2D eigenvalue weighted by molar-refractivity contribution is -0.142. The predicted octanol–water partition coefficient (Wildman–Crippen LogP) is 1.60. The highest BCUT2D eigenvalue weighted by Gasteiger charge is 2.29. The number of carboxylic acids is 2. The zero-order valence-electron chi connectivity index (χ0n) is 9.82. The molecule has 0 heterocycles. The van der Waals surface area contributed by atoms with Crippen molar-refractivity contribution in [1.29, 1.82) is 0 Å². The molecule has 0 saturated heterocycles. The number of benzene rings is 1. The van der Waals surface area contributed by atoms with Gasteiger partial charge in [0.05, 0.1) is 0 Å². The van der Waals surface area contributed by atoms with Crippen molar-refractivity contribution in [2.24, 2.45) is 0 Å². The van der Waals surface area contributed by atoms with Crippen molar-refractivity contribution in [3.8, 4) is 0 Å². The highest BCUT2D eigenvalue weighted by atomic mass is 35.5. The largest absolute Gasteiger partial charge is 0.481 e. The van der Waals surface area contributed by atoms with Gasteiger partial charge in [0.15, 0.2) is 0 Å². The highest BCUT2D eigenvalue weighted by Crippen LogP contribution is 2.15. The van der Waals surface area contributed by atoms with Crippen molar-refractivity contribution in [3.05, 3.63) is 35.9 Å². The standard InChI is InChI=1S/C12H12ClNO5/c13-14(9(12(18)19)6-7-10(15)16)11(17)8-4-2-1-3-5-8/h1-5,9H,6-7H2,(H,15,16)(H,18,19)/t9-/m0/s1. The summed E-state index contributed by atoms with van der Waals surface area (Å²) in [5.41, 5.74) is 0.235. The van der Waals surface area contributed by atoms with Gasteiger partial charge in [0.1, 0.15) is 6.04 Å². The van der Waals surface area contributed by atoms with Crippen LogP contribution in [0.5, 0.6) is 0 Å². The normalized spacial score (nSPS) is 11.6. The molecule has 1 aromatic carbocycles. The van der Waals surface area contributed by atoms with Crippen molar-refractivity contribution < 1.29 is 24.6 Å². The van der Waals surface area contributed by atoms with Gasteiger partial charge in [0, 0.05) is 23.8 Å². The summed E-state index contributed by atoms with van der Waals surface area (Å²) in [6.07, 6.45) is -0.644. The number of nitrogens with zero attached hydrogens (tertiary/aromatic N) is 1. The van der Waals surface area contributed by atoms with Gasteiger partial charge in [0.25, 0.3) is 5.91 Å². The monoisotopic (exact) mass is 285 g/mol. The first kappa shape index (κ1) is 15.0. The van der Waals surface area contributed by atoms with Gasteiger partial charge in [-0.1, -0.05) is 18.2 Å². The van der Waals surface area contributed by atoms with E-state index < -0.39 is 23.9 Å². The van der Waals surface area contributed by atoms with Crippen LogP contribution >= 0.6 is 11.8 Å². The van der Waals surface area contributed by atoms with Crippen molar-refractivity contribution in [2.45, 2.75) is 18.9 Å². The predicted molar refractivity (Wildman–Crippen MR) is 66.8 cm³/mol. The average Bonchev–Trinajstić information content (AvgIpc) is 2.38. The number of rotatable bonds is 6. The van der Waals surface area contributed by atoms with Crippen LogP contribution in [0.4, 0.5) is 0 Å². The Labute approximate surface area is 114 Å². The Hall–Kier alpha value is -2.08. The lowest BCUT2D eigenvalue weighted by atomic mass is 10.1. The number of hydrogen-bond donors (Lipinski definition) is 2. The van der Waals surface area contributed by atoms with E-state index in [9.17, 15) is 14.4 Å². The smallest absolute Gasteiger partial charge is 0.327 e. The molecule has 102 valence electrons. The van der Waals surface area contributed by atoms with E-state index in [1.807, 2.05) is 0 Å². The molecule has 0 aromatic heterocycles. The number of carbonyl (C=O) groups is 3. The number of carboxylic acid groups (broad SMARTS) is 2. The molecule has 6 nitrogen and oxygen atoms in total. The minimum Gasteiger partial charge on any atom is -0.481 e. The molecule has 0 spiro atoms. The average molecular weight is 286 g/mol. The van der Waals surface area contributed by atoms with Crippen LogP contribution in [-0.2, 0) is 9.59 Å². The zero-order valence-corrected chi connectivity index (χ0v) is 10.6. The number of carbonyl (C=O) groups excluding carboxylic acids is 1. The van der Waals surface area contributed by atoms with Crippen LogP contribution in [0.1, 0.15) is 23.2 Å². The molecule has 1 atom stereocenters. The second-order valence-corrected chi connectivity index (χ2v) is 4.13. The van der Waals surface area contributed by atoms with Gasteiger partial charge in [-0.05, 0) is 18.6 Å². The maximum absolute atomic E-state index is 11.9. The molecule has 0 aliphatic carbocycles. The minimum absolute atomic E-state index is 0.235. The first-order valence-electron chi connectivity index (χ1n) is 5.42. The molecule has 0 saturated carbocycles. The molecule has 1 rings (SSSR count). The number of halogens is 1. The fourth-order valence-electron chi connectivity index (χ4n) is 1.44. The van der Waals surface area contributed by atoms with Gasteiger partial charge < -0.3 is 10.2 Å². The van der Waals surface area contributed by atoms with Gasteiger partial charge in [-0.2, -0.15) is 0 Å². The minimum atomic E-state index is -1.38. The van der Waals surface area contributed by atoms with Crippen LogP contribution in [0.25, 0.3) is 0 Å². The van der Waals surface area contributed by atoms with Gasteiger partial charge >= 0.3 is 11.9 Å². The summed E-state index contributed by atoms with van der Waals surface area (Å²) in [6.45, 7) is 0. The second-order valence-electron chi connectivity index (χ2n) is 3.77. The lowest BCUT2D eigenvalue weighted by Gasteiger charge is -2.21. The third-order valence-corrected chi connectivity index (χ3v) is 2.79. The van der Waals surface area contributed by atoms with Gasteiger partial charge in [-0.25, -0.2) is 9.21 Å². The van der Waals surface area contributed by atoms with Crippen LogP contribution in [0.2, 0.25) is 0 Å². The van der Waals surface area contributed by atoms with Gasteiger partial charge in [-0.15, -0.1) is 0 Å². The summed E-state index contributed by atoms with van der Waals surface area (Å²) in [6, 6.07) is 6.54. The molecule has 0 radical (unpaired) electrons. The van der Waals surface area contributed by atoms with E-state index in [1.54, 1.807) is 18.2 Å². The van der Waals surface area contributed by atoms with Gasteiger partial charge in [0.2, 0.25) is 0 Å². The van der Waals surface area contributed by atoms with Crippen LogP contribution in [0, 0.1) is 0 Å². The van der Waals surface area contributed by atoms with Crippen molar-refractivity contribution in [1.82, 2.24) is 4.42 Å². The highest BCUT2D eigenvalue weighted by molar-refractivity contribution is 6.25. The van der Waals surface area contributed by atoms with E-state index in [0.717, 1.165) is 0 Å². The van der Waals surface area contributed by atoms with Crippen LogP contribution in [0.15, 0.2) is 30.3 Å². The van der Waals surface area contributed by atoms with Crippen molar-refractivity contribution in [3.63, 3.8) is 0 Å². The summed E-state index contributed by atoms with van der Waals surface area (Å²) in [5, 5.41) is 17.5. The third kappa shape index (κ3) is 4.26. The molecule has 0 bridgehead atoms. The molecule has 0 unspecified atom stereocenters. The van der Waals surface area contributed by atoms with Crippen LogP contribution in [0.3, 0.4) is 0 Å². The Morgan fingerprint density at radius 2 is 1.74 bits per heavy atom. The third-order valence-electron chi connectivity index (χ3n) is 2.41. The Bertz CT molecular complexity index is 476. The summed E-state index contributed by atoms with van der Waals surface area (Å²) < 4.78 is 0.528. The fraction of sp³-hybridized carbons (Fsp3) is 0.250. The van der Waals surface area contributed by atoms with E-state index in [-0.39, 0.29) is 18.4 Å². The number of amides is 1. The molecule has 19 heavy (non-hydrogen) atoms. The maximum atomic E-state index is 11.9.